The molecule has 0 aromatic carbocycles. The molecule has 0 bridgehead atoms. The summed E-state index contributed by atoms with van der Waals surface area (Å²) < 4.78 is 0.294. The molecule has 2 unspecified atom stereocenters. The van der Waals surface area contributed by atoms with Gasteiger partial charge in [-0.05, 0) is 13.8 Å². The van der Waals surface area contributed by atoms with Gasteiger partial charge in [-0.15, -0.1) is 0 Å². The minimum atomic E-state index is -1.06. The molecule has 0 radical (unpaired) electrons. The van der Waals surface area contributed by atoms with E-state index in [2.05, 4.69) is 0 Å². The fraction of sp³-hybridized carbons (Fsp3) is 0.833. The summed E-state index contributed by atoms with van der Waals surface area (Å²) in [6.07, 6.45) is 0. The van der Waals surface area contributed by atoms with Crippen LogP contribution in [0, 0.1) is 0 Å². The summed E-state index contributed by atoms with van der Waals surface area (Å²) in [5.74, 6) is -2.12. The molecule has 2 N–H and O–H groups in total. The molecule has 0 aromatic heterocycles. The van der Waals surface area contributed by atoms with Crippen molar-refractivity contribution in [3.05, 3.63) is 0 Å². The van der Waals surface area contributed by atoms with E-state index >= 15 is 0 Å². The number of carbonyl (C=O) groups is 2. The van der Waals surface area contributed by atoms with Gasteiger partial charge in [0.05, 0.1) is 41.3 Å². The summed E-state index contributed by atoms with van der Waals surface area (Å²) in [5, 5.41) is 18.9. The lowest BCUT2D eigenvalue weighted by Crippen LogP contribution is -2.69. The van der Waals surface area contributed by atoms with Crippen molar-refractivity contribution in [3.63, 3.8) is 0 Å². The van der Waals surface area contributed by atoms with E-state index in [-0.39, 0.29) is 8.97 Å². The Morgan fingerprint density at radius 3 is 1.17 bits per heavy atom. The molecule has 6 nitrogen and oxygen atoms in total. The smallest absolute Gasteiger partial charge is 0.369 e. The van der Waals surface area contributed by atoms with Gasteiger partial charge in [0.25, 0.3) is 0 Å². The highest BCUT2D eigenvalue weighted by Gasteiger charge is 2.53. The van der Waals surface area contributed by atoms with Crippen molar-refractivity contribution >= 4 is 11.9 Å². The third-order valence-corrected chi connectivity index (χ3v) is 3.94. The zero-order valence-electron chi connectivity index (χ0n) is 12.2. The van der Waals surface area contributed by atoms with Gasteiger partial charge >= 0.3 is 11.9 Å². The van der Waals surface area contributed by atoms with Crippen molar-refractivity contribution in [2.45, 2.75) is 25.9 Å². The predicted molar refractivity (Wildman–Crippen MR) is 68.1 cm³/mol. The van der Waals surface area contributed by atoms with Gasteiger partial charge < -0.3 is 19.2 Å². The first-order valence-corrected chi connectivity index (χ1v) is 6.12. The zero-order valence-corrected chi connectivity index (χ0v) is 12.2. The molecule has 0 saturated carbocycles. The van der Waals surface area contributed by atoms with E-state index in [0.29, 0.717) is 13.1 Å². The number of nitrogens with zero attached hydrogens (tertiary/aromatic N) is 2. The van der Waals surface area contributed by atoms with E-state index in [9.17, 15) is 19.8 Å². The summed E-state index contributed by atoms with van der Waals surface area (Å²) in [6, 6.07) is -1.94. The van der Waals surface area contributed by atoms with E-state index in [1.807, 2.05) is 13.8 Å². The number of quaternary nitrogens is 2. The molecular weight excluding hydrogens is 236 g/mol. The van der Waals surface area contributed by atoms with Crippen LogP contribution in [0.2, 0.25) is 0 Å². The van der Waals surface area contributed by atoms with Crippen LogP contribution in [0.4, 0.5) is 0 Å². The summed E-state index contributed by atoms with van der Waals surface area (Å²) >= 11 is 0. The van der Waals surface area contributed by atoms with Crippen molar-refractivity contribution in [1.82, 2.24) is 0 Å². The normalized spacial score (nSPS) is 16.1. The Labute approximate surface area is 109 Å². The number of hydrogen-bond donors (Lipinski definition) is 2. The van der Waals surface area contributed by atoms with Crippen LogP contribution in [0.1, 0.15) is 13.8 Å². The predicted octanol–water partition coefficient (Wildman–Crippen LogP) is 0.0854. The van der Waals surface area contributed by atoms with E-state index in [1.54, 1.807) is 28.2 Å². The van der Waals surface area contributed by atoms with Gasteiger partial charge in [-0.1, -0.05) is 0 Å². The van der Waals surface area contributed by atoms with Gasteiger partial charge in [0.15, 0.2) is 0 Å². The number of likely N-dealkylation sites (N-methyl/N-ethyl adjacent to an activating group) is 2. The molecule has 0 fully saturated rings. The molecule has 0 aromatic rings. The molecule has 0 heterocycles. The zero-order chi connectivity index (χ0) is 14.7. The Morgan fingerprint density at radius 2 is 1.06 bits per heavy atom. The van der Waals surface area contributed by atoms with Crippen molar-refractivity contribution in [2.24, 2.45) is 0 Å². The quantitative estimate of drug-likeness (QED) is 0.637. The van der Waals surface area contributed by atoms with Crippen molar-refractivity contribution < 1.29 is 28.8 Å². The average molecular weight is 262 g/mol. The van der Waals surface area contributed by atoms with Crippen molar-refractivity contribution in [1.29, 1.82) is 0 Å². The second-order valence-corrected chi connectivity index (χ2v) is 5.76. The molecule has 0 saturated heterocycles. The molecule has 0 spiro atoms. The number of rotatable bonds is 7. The lowest BCUT2D eigenvalue weighted by Gasteiger charge is -2.43. The van der Waals surface area contributed by atoms with Crippen LogP contribution in [0.25, 0.3) is 0 Å². The molecule has 0 aliphatic heterocycles. The molecular formula is C12H26N2O4+2. The fourth-order valence-corrected chi connectivity index (χ4v) is 2.03. The first-order chi connectivity index (χ1) is 8.01. The molecule has 0 amide bonds. The standard InChI is InChI=1S/C12H24N2O4/c1-7-13(3,4)9(11(15)16)10(12(17)18)14(5,6)8-2/h9-10H,7-8H2,1-6H3/p+2. The maximum absolute atomic E-state index is 11.5. The Morgan fingerprint density at radius 1 is 0.833 bits per heavy atom. The minimum Gasteiger partial charge on any atom is -0.477 e. The van der Waals surface area contributed by atoms with Crippen molar-refractivity contribution in [3.8, 4) is 0 Å². The highest BCUT2D eigenvalue weighted by Crippen LogP contribution is 2.20. The van der Waals surface area contributed by atoms with Gasteiger partial charge in [-0.2, -0.15) is 0 Å². The Hall–Kier alpha value is -1.14. The molecule has 18 heavy (non-hydrogen) atoms. The van der Waals surface area contributed by atoms with Gasteiger partial charge in [-0.25, -0.2) is 9.59 Å². The Bertz CT molecular complexity index is 294. The number of carboxylic acids is 2. The lowest BCUT2D eigenvalue weighted by molar-refractivity contribution is -0.968. The maximum atomic E-state index is 11.5. The van der Waals surface area contributed by atoms with Crippen LogP contribution in [-0.2, 0) is 9.59 Å². The van der Waals surface area contributed by atoms with Crippen LogP contribution in [0.5, 0.6) is 0 Å². The average Bonchev–Trinajstić information content (AvgIpc) is 2.23. The summed E-state index contributed by atoms with van der Waals surface area (Å²) in [6.45, 7) is 4.84. The van der Waals surface area contributed by atoms with Crippen LogP contribution < -0.4 is 0 Å². The molecule has 6 heteroatoms. The van der Waals surface area contributed by atoms with Crippen LogP contribution in [-0.4, -0.2) is 84.5 Å². The van der Waals surface area contributed by atoms with E-state index in [0.717, 1.165) is 0 Å². The van der Waals surface area contributed by atoms with Crippen LogP contribution >= 0.6 is 0 Å². The highest BCUT2D eigenvalue weighted by atomic mass is 16.4. The third kappa shape index (κ3) is 3.43. The number of aliphatic carboxylic acids is 2. The highest BCUT2D eigenvalue weighted by molar-refractivity contribution is 5.83. The van der Waals surface area contributed by atoms with E-state index < -0.39 is 24.0 Å². The fourth-order valence-electron chi connectivity index (χ4n) is 2.03. The maximum Gasteiger partial charge on any atom is 0.369 e. The second-order valence-electron chi connectivity index (χ2n) is 5.76. The second kappa shape index (κ2) is 5.67. The minimum absolute atomic E-state index is 0.147. The number of hydrogen-bond acceptors (Lipinski definition) is 2. The first-order valence-electron chi connectivity index (χ1n) is 6.12. The molecule has 0 aliphatic rings. The van der Waals surface area contributed by atoms with Gasteiger partial charge in [0.2, 0.25) is 12.1 Å². The van der Waals surface area contributed by atoms with Crippen LogP contribution in [0.3, 0.4) is 0 Å². The van der Waals surface area contributed by atoms with Gasteiger partial charge in [-0.3, -0.25) is 0 Å². The van der Waals surface area contributed by atoms with Crippen molar-refractivity contribution in [2.75, 3.05) is 41.3 Å². The number of carboxylic acid groups (broad SMARTS) is 2. The van der Waals surface area contributed by atoms with Crippen LogP contribution in [0.15, 0.2) is 0 Å². The SMILES string of the molecule is CC[N+](C)(C)C(C(=O)O)C(C(=O)O)[N+](C)(C)CC. The van der Waals surface area contributed by atoms with Gasteiger partial charge in [0, 0.05) is 0 Å². The monoisotopic (exact) mass is 262 g/mol. The Kier molecular flexibility index (Phi) is 5.31. The lowest BCUT2D eigenvalue weighted by atomic mass is 10.0. The topological polar surface area (TPSA) is 74.6 Å². The molecule has 0 rings (SSSR count). The first kappa shape index (κ1) is 16.9. The summed E-state index contributed by atoms with van der Waals surface area (Å²) in [5.41, 5.74) is 0. The van der Waals surface area contributed by atoms with E-state index in [4.69, 9.17) is 0 Å². The van der Waals surface area contributed by atoms with Gasteiger partial charge in [0.1, 0.15) is 0 Å². The molecule has 2 atom stereocenters. The third-order valence-electron chi connectivity index (χ3n) is 3.94. The largest absolute Gasteiger partial charge is 0.477 e. The molecule has 0 aliphatic carbocycles. The van der Waals surface area contributed by atoms with E-state index in [1.165, 1.54) is 0 Å². The molecule has 106 valence electrons. The summed E-state index contributed by atoms with van der Waals surface area (Å²) in [4.78, 5) is 23.0. The summed E-state index contributed by atoms with van der Waals surface area (Å²) in [7, 11) is 7.02. The Balaban J connectivity index is 5.69.